The molecule has 17 heavy (non-hydrogen) atoms. The third-order valence-electron chi connectivity index (χ3n) is 3.50. The largest absolute Gasteiger partial charge is 0.335 e. The Balaban J connectivity index is 2.09. The second kappa shape index (κ2) is 5.80. The molecule has 0 saturated heterocycles. The van der Waals surface area contributed by atoms with E-state index in [1.165, 1.54) is 19.3 Å². The Morgan fingerprint density at radius 3 is 2.71 bits per heavy atom. The number of hydrogen-bond acceptors (Lipinski definition) is 2. The molecular weight excluding hydrogens is 212 g/mol. The summed E-state index contributed by atoms with van der Waals surface area (Å²) in [5.74, 6) is 0.0833. The van der Waals surface area contributed by atoms with Gasteiger partial charge in [-0.2, -0.15) is 0 Å². The molecule has 1 saturated carbocycles. The molecule has 0 spiro atoms. The highest BCUT2D eigenvalue weighted by atomic mass is 16.2. The van der Waals surface area contributed by atoms with E-state index in [9.17, 15) is 4.79 Å². The van der Waals surface area contributed by atoms with Gasteiger partial charge in [-0.15, -0.1) is 0 Å². The molecule has 1 amide bonds. The average Bonchev–Trinajstić information content (AvgIpc) is 2.42. The summed E-state index contributed by atoms with van der Waals surface area (Å²) < 4.78 is 0. The predicted molar refractivity (Wildman–Crippen MR) is 67.8 cm³/mol. The lowest BCUT2D eigenvalue weighted by Gasteiger charge is -2.33. The fraction of sp³-hybridized carbons (Fsp3) is 0.571. The second-order valence-electron chi connectivity index (χ2n) is 4.60. The summed E-state index contributed by atoms with van der Waals surface area (Å²) in [6, 6.07) is 5.93. The van der Waals surface area contributed by atoms with Crippen LogP contribution in [0.4, 0.5) is 0 Å². The van der Waals surface area contributed by atoms with Gasteiger partial charge in [-0.05, 0) is 31.9 Å². The minimum absolute atomic E-state index is 0.0833. The van der Waals surface area contributed by atoms with Crippen LogP contribution in [0, 0.1) is 0 Å². The molecule has 2 rings (SSSR count). The molecule has 0 radical (unpaired) electrons. The average molecular weight is 232 g/mol. The molecule has 0 aromatic carbocycles. The lowest BCUT2D eigenvalue weighted by atomic mass is 9.94. The standard InChI is InChI=1S/C14H20N2O/c1-2-16(12-8-4-3-5-9-12)14(17)13-10-6-7-11-15-13/h6-7,10-12H,2-5,8-9H2,1H3. The Hall–Kier alpha value is -1.38. The number of nitrogens with zero attached hydrogens (tertiary/aromatic N) is 2. The van der Waals surface area contributed by atoms with Crippen LogP contribution < -0.4 is 0 Å². The second-order valence-corrected chi connectivity index (χ2v) is 4.60. The predicted octanol–water partition coefficient (Wildman–Crippen LogP) is 2.88. The maximum Gasteiger partial charge on any atom is 0.272 e. The van der Waals surface area contributed by atoms with Crippen molar-refractivity contribution in [2.45, 2.75) is 45.1 Å². The molecule has 3 nitrogen and oxygen atoms in total. The van der Waals surface area contributed by atoms with Gasteiger partial charge in [0, 0.05) is 18.8 Å². The van der Waals surface area contributed by atoms with Crippen molar-refractivity contribution in [2.75, 3.05) is 6.54 Å². The Kier molecular flexibility index (Phi) is 4.13. The van der Waals surface area contributed by atoms with Gasteiger partial charge in [-0.1, -0.05) is 25.3 Å². The number of carbonyl (C=O) groups is 1. The minimum Gasteiger partial charge on any atom is -0.335 e. The third kappa shape index (κ3) is 2.84. The minimum atomic E-state index is 0.0833. The van der Waals surface area contributed by atoms with Crippen LogP contribution in [0.1, 0.15) is 49.5 Å². The number of amides is 1. The van der Waals surface area contributed by atoms with E-state index in [4.69, 9.17) is 0 Å². The van der Waals surface area contributed by atoms with Crippen LogP contribution in [0.15, 0.2) is 24.4 Å². The van der Waals surface area contributed by atoms with Crippen LogP contribution in [0.3, 0.4) is 0 Å². The highest BCUT2D eigenvalue weighted by Crippen LogP contribution is 2.23. The van der Waals surface area contributed by atoms with Gasteiger partial charge < -0.3 is 4.90 Å². The van der Waals surface area contributed by atoms with E-state index in [2.05, 4.69) is 11.9 Å². The monoisotopic (exact) mass is 232 g/mol. The Morgan fingerprint density at radius 2 is 2.12 bits per heavy atom. The molecule has 3 heteroatoms. The first-order chi connectivity index (χ1) is 8.33. The molecule has 1 heterocycles. The van der Waals surface area contributed by atoms with Gasteiger partial charge in [0.15, 0.2) is 0 Å². The lowest BCUT2D eigenvalue weighted by molar-refractivity contribution is 0.0642. The van der Waals surface area contributed by atoms with Crippen molar-refractivity contribution in [1.29, 1.82) is 0 Å². The normalized spacial score (nSPS) is 16.8. The van der Waals surface area contributed by atoms with Gasteiger partial charge in [0.2, 0.25) is 0 Å². The van der Waals surface area contributed by atoms with Crippen LogP contribution in [-0.4, -0.2) is 28.4 Å². The van der Waals surface area contributed by atoms with Gasteiger partial charge in [0.05, 0.1) is 0 Å². The van der Waals surface area contributed by atoms with Crippen LogP contribution in [0.2, 0.25) is 0 Å². The maximum absolute atomic E-state index is 12.3. The molecule has 1 aromatic rings. The zero-order valence-corrected chi connectivity index (χ0v) is 10.4. The van der Waals surface area contributed by atoms with Crippen molar-refractivity contribution in [3.05, 3.63) is 30.1 Å². The van der Waals surface area contributed by atoms with Crippen molar-refractivity contribution in [1.82, 2.24) is 9.88 Å². The van der Waals surface area contributed by atoms with E-state index >= 15 is 0 Å². The molecule has 1 aromatic heterocycles. The van der Waals surface area contributed by atoms with E-state index < -0.39 is 0 Å². The van der Waals surface area contributed by atoms with Crippen molar-refractivity contribution in [3.8, 4) is 0 Å². The molecule has 0 unspecified atom stereocenters. The van der Waals surface area contributed by atoms with Crippen LogP contribution in [0.25, 0.3) is 0 Å². The summed E-state index contributed by atoms with van der Waals surface area (Å²) in [7, 11) is 0. The van der Waals surface area contributed by atoms with E-state index in [1.54, 1.807) is 12.3 Å². The van der Waals surface area contributed by atoms with Gasteiger partial charge >= 0.3 is 0 Å². The number of hydrogen-bond donors (Lipinski definition) is 0. The topological polar surface area (TPSA) is 33.2 Å². The highest BCUT2D eigenvalue weighted by molar-refractivity contribution is 5.92. The van der Waals surface area contributed by atoms with Gasteiger partial charge in [0.1, 0.15) is 5.69 Å². The first-order valence-corrected chi connectivity index (χ1v) is 6.55. The molecule has 0 N–H and O–H groups in total. The van der Waals surface area contributed by atoms with Crippen molar-refractivity contribution in [3.63, 3.8) is 0 Å². The quantitative estimate of drug-likeness (QED) is 0.803. The van der Waals surface area contributed by atoms with Gasteiger partial charge in [-0.25, -0.2) is 0 Å². The number of carbonyl (C=O) groups excluding carboxylic acids is 1. The summed E-state index contributed by atoms with van der Waals surface area (Å²) in [5, 5.41) is 0. The van der Waals surface area contributed by atoms with Gasteiger partial charge in [-0.3, -0.25) is 9.78 Å². The van der Waals surface area contributed by atoms with Crippen molar-refractivity contribution >= 4 is 5.91 Å². The molecular formula is C14H20N2O. The summed E-state index contributed by atoms with van der Waals surface area (Å²) >= 11 is 0. The molecule has 92 valence electrons. The molecule has 1 fully saturated rings. The first-order valence-electron chi connectivity index (χ1n) is 6.55. The molecule has 0 atom stereocenters. The number of aromatic nitrogens is 1. The summed E-state index contributed by atoms with van der Waals surface area (Å²) in [4.78, 5) is 18.5. The van der Waals surface area contributed by atoms with Crippen LogP contribution >= 0.6 is 0 Å². The Labute approximate surface area is 103 Å². The Morgan fingerprint density at radius 1 is 1.35 bits per heavy atom. The Bertz CT molecular complexity index is 358. The summed E-state index contributed by atoms with van der Waals surface area (Å²) in [5.41, 5.74) is 0.569. The van der Waals surface area contributed by atoms with Crippen LogP contribution in [-0.2, 0) is 0 Å². The van der Waals surface area contributed by atoms with Gasteiger partial charge in [0.25, 0.3) is 5.91 Å². The maximum atomic E-state index is 12.3. The molecule has 1 aliphatic carbocycles. The van der Waals surface area contributed by atoms with E-state index in [0.717, 1.165) is 19.4 Å². The molecule has 0 aliphatic heterocycles. The smallest absolute Gasteiger partial charge is 0.272 e. The number of pyridine rings is 1. The molecule has 0 bridgehead atoms. The lowest BCUT2D eigenvalue weighted by Crippen LogP contribution is -2.41. The van der Waals surface area contributed by atoms with E-state index in [-0.39, 0.29) is 5.91 Å². The van der Waals surface area contributed by atoms with Crippen molar-refractivity contribution < 1.29 is 4.79 Å². The first kappa shape index (κ1) is 12.1. The van der Waals surface area contributed by atoms with E-state index in [1.807, 2.05) is 17.0 Å². The van der Waals surface area contributed by atoms with Crippen molar-refractivity contribution in [2.24, 2.45) is 0 Å². The van der Waals surface area contributed by atoms with Crippen LogP contribution in [0.5, 0.6) is 0 Å². The zero-order valence-electron chi connectivity index (χ0n) is 10.4. The fourth-order valence-electron chi connectivity index (χ4n) is 2.60. The SMILES string of the molecule is CCN(C(=O)c1ccccn1)C1CCCCC1. The highest BCUT2D eigenvalue weighted by Gasteiger charge is 2.25. The summed E-state index contributed by atoms with van der Waals surface area (Å²) in [6.45, 7) is 2.83. The van der Waals surface area contributed by atoms with E-state index in [0.29, 0.717) is 11.7 Å². The molecule has 1 aliphatic rings. The number of rotatable bonds is 3. The fourth-order valence-corrected chi connectivity index (χ4v) is 2.60. The zero-order chi connectivity index (χ0) is 12.1. The summed E-state index contributed by atoms with van der Waals surface area (Å²) in [6.07, 6.45) is 7.78. The third-order valence-corrected chi connectivity index (χ3v) is 3.50.